The molecule has 0 saturated carbocycles. The van der Waals surface area contributed by atoms with Crippen molar-refractivity contribution in [2.75, 3.05) is 20.8 Å². The SMILES string of the molecule is COC[C@H](C)NC(=O)c1ccc(CN(C)S(=O)(=O)c2ccc(C)cc2)o1. The molecule has 8 heteroatoms. The highest BCUT2D eigenvalue weighted by Gasteiger charge is 2.22. The number of hydrogen-bond donors (Lipinski definition) is 1. The lowest BCUT2D eigenvalue weighted by Gasteiger charge is -2.16. The van der Waals surface area contributed by atoms with Gasteiger partial charge < -0.3 is 14.5 Å². The van der Waals surface area contributed by atoms with Crippen molar-refractivity contribution >= 4 is 15.9 Å². The van der Waals surface area contributed by atoms with E-state index < -0.39 is 10.0 Å². The lowest BCUT2D eigenvalue weighted by atomic mass is 10.2. The maximum absolute atomic E-state index is 12.6. The summed E-state index contributed by atoms with van der Waals surface area (Å²) < 4.78 is 36.8. The number of nitrogens with one attached hydrogen (secondary N) is 1. The first-order chi connectivity index (χ1) is 12.2. The standard InChI is InChI=1S/C18H24N2O5S/c1-13-5-8-16(9-6-13)26(22,23)20(3)11-15-7-10-17(25-15)18(21)19-14(2)12-24-4/h5-10,14H,11-12H2,1-4H3,(H,19,21)/t14-/m0/s1. The minimum Gasteiger partial charge on any atom is -0.455 e. The van der Waals surface area contributed by atoms with E-state index in [2.05, 4.69) is 5.32 Å². The summed E-state index contributed by atoms with van der Waals surface area (Å²) in [6.45, 7) is 4.12. The van der Waals surface area contributed by atoms with Gasteiger partial charge in [-0.1, -0.05) is 17.7 Å². The molecule has 0 fully saturated rings. The van der Waals surface area contributed by atoms with Gasteiger partial charge in [-0.25, -0.2) is 8.42 Å². The zero-order chi connectivity index (χ0) is 19.3. The Kier molecular flexibility index (Phi) is 6.57. The highest BCUT2D eigenvalue weighted by molar-refractivity contribution is 7.89. The van der Waals surface area contributed by atoms with Crippen LogP contribution in [-0.4, -0.2) is 45.4 Å². The van der Waals surface area contributed by atoms with E-state index in [0.717, 1.165) is 5.56 Å². The number of ether oxygens (including phenoxy) is 1. The smallest absolute Gasteiger partial charge is 0.287 e. The lowest BCUT2D eigenvalue weighted by molar-refractivity contribution is 0.0875. The summed E-state index contributed by atoms with van der Waals surface area (Å²) in [6.07, 6.45) is 0. The predicted molar refractivity (Wildman–Crippen MR) is 97.3 cm³/mol. The van der Waals surface area contributed by atoms with Gasteiger partial charge in [0.15, 0.2) is 5.76 Å². The Morgan fingerprint density at radius 3 is 2.50 bits per heavy atom. The van der Waals surface area contributed by atoms with Gasteiger partial charge in [0.2, 0.25) is 10.0 Å². The second-order valence-corrected chi connectivity index (χ2v) is 8.21. The molecular formula is C18H24N2O5S. The first kappa shape index (κ1) is 20.2. The first-order valence-electron chi connectivity index (χ1n) is 8.15. The number of furan rings is 1. The van der Waals surface area contributed by atoms with Crippen molar-refractivity contribution in [3.8, 4) is 0 Å². The third-order valence-corrected chi connectivity index (χ3v) is 5.60. The number of carbonyl (C=O) groups excluding carboxylic acids is 1. The van der Waals surface area contributed by atoms with Crippen LogP contribution in [0, 0.1) is 6.92 Å². The van der Waals surface area contributed by atoms with Gasteiger partial charge in [0.05, 0.1) is 18.0 Å². The summed E-state index contributed by atoms with van der Waals surface area (Å²) in [7, 11) is -0.611. The van der Waals surface area contributed by atoms with Crippen molar-refractivity contribution in [1.82, 2.24) is 9.62 Å². The molecule has 1 aromatic carbocycles. The summed E-state index contributed by atoms with van der Waals surface area (Å²) >= 11 is 0. The highest BCUT2D eigenvalue weighted by atomic mass is 32.2. The number of hydrogen-bond acceptors (Lipinski definition) is 5. The number of sulfonamides is 1. The monoisotopic (exact) mass is 380 g/mol. The van der Waals surface area contributed by atoms with Crippen LogP contribution in [0.25, 0.3) is 0 Å². The maximum Gasteiger partial charge on any atom is 0.287 e. The number of carbonyl (C=O) groups is 1. The fraction of sp³-hybridized carbons (Fsp3) is 0.389. The van der Waals surface area contributed by atoms with Crippen molar-refractivity contribution in [2.45, 2.75) is 31.3 Å². The average Bonchev–Trinajstić information content (AvgIpc) is 3.04. The van der Waals surface area contributed by atoms with Crippen LogP contribution in [-0.2, 0) is 21.3 Å². The Bertz CT molecular complexity index is 843. The minimum atomic E-state index is -3.64. The Morgan fingerprint density at radius 1 is 1.23 bits per heavy atom. The number of rotatable bonds is 8. The molecule has 1 aromatic heterocycles. The quantitative estimate of drug-likeness (QED) is 0.758. The Labute approximate surface area is 154 Å². The van der Waals surface area contributed by atoms with Gasteiger partial charge in [0.1, 0.15) is 5.76 Å². The molecule has 0 bridgehead atoms. The zero-order valence-electron chi connectivity index (χ0n) is 15.4. The Hall–Kier alpha value is -2.16. The van der Waals surface area contributed by atoms with Crippen molar-refractivity contribution in [1.29, 1.82) is 0 Å². The van der Waals surface area contributed by atoms with E-state index in [9.17, 15) is 13.2 Å². The van der Waals surface area contributed by atoms with E-state index in [4.69, 9.17) is 9.15 Å². The van der Waals surface area contributed by atoms with E-state index in [1.54, 1.807) is 37.4 Å². The van der Waals surface area contributed by atoms with Gasteiger partial charge in [0.25, 0.3) is 5.91 Å². The van der Waals surface area contributed by atoms with E-state index in [1.165, 1.54) is 17.4 Å². The van der Waals surface area contributed by atoms with E-state index >= 15 is 0 Å². The van der Waals surface area contributed by atoms with Crippen LogP contribution in [0.3, 0.4) is 0 Å². The third kappa shape index (κ3) is 4.94. The molecule has 1 atom stereocenters. The van der Waals surface area contributed by atoms with Crippen LogP contribution in [0.15, 0.2) is 45.7 Å². The Morgan fingerprint density at radius 2 is 1.88 bits per heavy atom. The molecule has 2 rings (SSSR count). The number of aryl methyl sites for hydroxylation is 1. The molecule has 1 N–H and O–H groups in total. The summed E-state index contributed by atoms with van der Waals surface area (Å²) in [5, 5.41) is 2.74. The summed E-state index contributed by atoms with van der Waals surface area (Å²) in [5.74, 6) is 0.140. The van der Waals surface area contributed by atoms with Crippen LogP contribution < -0.4 is 5.32 Å². The van der Waals surface area contributed by atoms with E-state index in [1.807, 2.05) is 13.8 Å². The van der Waals surface area contributed by atoms with Gasteiger partial charge in [0, 0.05) is 20.2 Å². The number of nitrogens with zero attached hydrogens (tertiary/aromatic N) is 1. The fourth-order valence-electron chi connectivity index (χ4n) is 2.37. The second-order valence-electron chi connectivity index (χ2n) is 6.17. The molecular weight excluding hydrogens is 356 g/mol. The molecule has 1 heterocycles. The van der Waals surface area contributed by atoms with Crippen molar-refractivity contribution in [3.63, 3.8) is 0 Å². The van der Waals surface area contributed by atoms with Gasteiger partial charge in [-0.15, -0.1) is 0 Å². The Balaban J connectivity index is 2.06. The predicted octanol–water partition coefficient (Wildman–Crippen LogP) is 2.17. The number of amides is 1. The summed E-state index contributed by atoms with van der Waals surface area (Å²) in [6, 6.07) is 9.59. The normalized spacial score (nSPS) is 13.0. The number of benzene rings is 1. The molecule has 7 nitrogen and oxygen atoms in total. The average molecular weight is 380 g/mol. The topological polar surface area (TPSA) is 88.9 Å². The highest BCUT2D eigenvalue weighted by Crippen LogP contribution is 2.18. The molecule has 0 spiro atoms. The molecule has 26 heavy (non-hydrogen) atoms. The van der Waals surface area contributed by atoms with Crippen molar-refractivity contribution in [3.05, 3.63) is 53.5 Å². The number of methoxy groups -OCH3 is 1. The second kappa shape index (κ2) is 8.48. The molecule has 0 unspecified atom stereocenters. The lowest BCUT2D eigenvalue weighted by Crippen LogP contribution is -2.35. The van der Waals surface area contributed by atoms with Gasteiger partial charge in [-0.3, -0.25) is 4.79 Å². The van der Waals surface area contributed by atoms with E-state index in [-0.39, 0.29) is 29.1 Å². The van der Waals surface area contributed by atoms with Crippen LogP contribution >= 0.6 is 0 Å². The van der Waals surface area contributed by atoms with Crippen LogP contribution in [0.1, 0.15) is 28.8 Å². The van der Waals surface area contributed by atoms with Crippen LogP contribution in [0.5, 0.6) is 0 Å². The molecule has 0 aliphatic heterocycles. The minimum absolute atomic E-state index is 0.0249. The largest absolute Gasteiger partial charge is 0.455 e. The molecule has 142 valence electrons. The van der Waals surface area contributed by atoms with Gasteiger partial charge >= 0.3 is 0 Å². The summed E-state index contributed by atoms with van der Waals surface area (Å²) in [5.41, 5.74) is 0.982. The molecule has 1 amide bonds. The van der Waals surface area contributed by atoms with E-state index in [0.29, 0.717) is 12.4 Å². The summed E-state index contributed by atoms with van der Waals surface area (Å²) in [4.78, 5) is 12.3. The third-order valence-electron chi connectivity index (χ3n) is 3.79. The molecule has 0 aliphatic carbocycles. The zero-order valence-corrected chi connectivity index (χ0v) is 16.2. The molecule has 2 aromatic rings. The molecule has 0 saturated heterocycles. The maximum atomic E-state index is 12.6. The van der Waals surface area contributed by atoms with Crippen LogP contribution in [0.4, 0.5) is 0 Å². The van der Waals surface area contributed by atoms with Gasteiger partial charge in [-0.05, 0) is 38.1 Å². The van der Waals surface area contributed by atoms with Crippen LogP contribution in [0.2, 0.25) is 0 Å². The van der Waals surface area contributed by atoms with Crippen molar-refractivity contribution < 1.29 is 22.4 Å². The molecule has 0 aliphatic rings. The molecule has 0 radical (unpaired) electrons. The fourth-order valence-corrected chi connectivity index (χ4v) is 3.50. The first-order valence-corrected chi connectivity index (χ1v) is 9.59. The van der Waals surface area contributed by atoms with Gasteiger partial charge in [-0.2, -0.15) is 4.31 Å². The van der Waals surface area contributed by atoms with Crippen molar-refractivity contribution in [2.24, 2.45) is 0 Å².